The Morgan fingerprint density at radius 1 is 1.24 bits per heavy atom. The minimum absolute atomic E-state index is 0.0471. The minimum Gasteiger partial charge on any atom is -0.406 e. The molecule has 1 atom stereocenters. The number of amides is 3. The number of aromatic nitrogens is 2. The second-order valence-corrected chi connectivity index (χ2v) is 7.36. The number of carbonyl (C=O) groups is 2. The third-order valence-corrected chi connectivity index (χ3v) is 5.01. The van der Waals surface area contributed by atoms with Gasteiger partial charge >= 0.3 is 12.4 Å². The standard InChI is InChI=1S/C22H20F3N5O4/c1-33-13-18(14-3-6-16(7-4-14)34-22(23,24)25)28-21(32)29-12-20(31)27-17-8-5-15(11-19(17)29)30-10-2-9-26-30/h2-11,18H,12-13H2,1H3,(H,27,31)(H,28,32). The van der Waals surface area contributed by atoms with E-state index in [2.05, 4.69) is 20.5 Å². The lowest BCUT2D eigenvalue weighted by Gasteiger charge is -2.31. The number of hydrogen-bond acceptors (Lipinski definition) is 5. The number of ether oxygens (including phenoxy) is 2. The van der Waals surface area contributed by atoms with Gasteiger partial charge in [-0.25, -0.2) is 9.48 Å². The van der Waals surface area contributed by atoms with Crippen molar-refractivity contribution in [3.8, 4) is 11.4 Å². The van der Waals surface area contributed by atoms with Gasteiger partial charge in [-0.2, -0.15) is 5.10 Å². The highest BCUT2D eigenvalue weighted by atomic mass is 19.4. The van der Waals surface area contributed by atoms with Crippen LogP contribution in [0.1, 0.15) is 11.6 Å². The topological polar surface area (TPSA) is 97.7 Å². The number of nitrogens with zero attached hydrogens (tertiary/aromatic N) is 3. The summed E-state index contributed by atoms with van der Waals surface area (Å²) in [6.45, 7) is -0.176. The van der Waals surface area contributed by atoms with Gasteiger partial charge in [0.2, 0.25) is 5.91 Å². The van der Waals surface area contributed by atoms with Crippen LogP contribution < -0.4 is 20.3 Å². The molecular weight excluding hydrogens is 455 g/mol. The molecule has 2 N–H and O–H groups in total. The van der Waals surface area contributed by atoms with Crippen molar-refractivity contribution in [2.45, 2.75) is 12.4 Å². The van der Waals surface area contributed by atoms with Gasteiger partial charge in [-0.1, -0.05) is 12.1 Å². The van der Waals surface area contributed by atoms with Gasteiger partial charge in [0, 0.05) is 19.5 Å². The second-order valence-electron chi connectivity index (χ2n) is 7.36. The minimum atomic E-state index is -4.81. The van der Waals surface area contributed by atoms with E-state index < -0.39 is 18.4 Å². The predicted molar refractivity (Wildman–Crippen MR) is 116 cm³/mol. The van der Waals surface area contributed by atoms with Gasteiger partial charge in [-0.3, -0.25) is 9.69 Å². The summed E-state index contributed by atoms with van der Waals surface area (Å²) in [4.78, 5) is 26.7. The summed E-state index contributed by atoms with van der Waals surface area (Å²) in [5, 5.41) is 9.69. The Morgan fingerprint density at radius 2 is 2.00 bits per heavy atom. The molecule has 2 aromatic carbocycles. The molecule has 0 radical (unpaired) electrons. The van der Waals surface area contributed by atoms with Crippen molar-refractivity contribution >= 4 is 23.3 Å². The molecule has 2 heterocycles. The van der Waals surface area contributed by atoms with Crippen molar-refractivity contribution in [2.75, 3.05) is 30.5 Å². The van der Waals surface area contributed by atoms with Crippen LogP contribution in [-0.4, -0.2) is 48.3 Å². The molecule has 9 nitrogen and oxygen atoms in total. The number of rotatable bonds is 6. The normalized spacial score (nSPS) is 14.2. The third kappa shape index (κ3) is 5.29. The van der Waals surface area contributed by atoms with E-state index in [1.54, 1.807) is 41.3 Å². The van der Waals surface area contributed by atoms with Gasteiger partial charge < -0.3 is 20.1 Å². The number of methoxy groups -OCH3 is 1. The van der Waals surface area contributed by atoms with Gasteiger partial charge in [-0.05, 0) is 42.0 Å². The number of carbonyl (C=O) groups excluding carboxylic acids is 2. The van der Waals surface area contributed by atoms with Crippen LogP contribution in [0.2, 0.25) is 0 Å². The van der Waals surface area contributed by atoms with Crippen LogP contribution in [0.5, 0.6) is 5.75 Å². The summed E-state index contributed by atoms with van der Waals surface area (Å²) in [7, 11) is 1.43. The fraction of sp³-hybridized carbons (Fsp3) is 0.227. The maximum Gasteiger partial charge on any atom is 0.573 e. The maximum atomic E-state index is 13.2. The number of alkyl halides is 3. The quantitative estimate of drug-likeness (QED) is 0.568. The SMILES string of the molecule is COCC(NC(=O)N1CC(=O)Nc2ccc(-n3cccn3)cc21)c1ccc(OC(F)(F)F)cc1. The molecule has 0 aliphatic carbocycles. The molecule has 1 aromatic heterocycles. The van der Waals surface area contributed by atoms with E-state index in [0.717, 1.165) is 12.1 Å². The predicted octanol–water partition coefficient (Wildman–Crippen LogP) is 3.63. The average Bonchev–Trinajstić information content (AvgIpc) is 3.32. The van der Waals surface area contributed by atoms with Gasteiger partial charge in [0.15, 0.2) is 0 Å². The largest absolute Gasteiger partial charge is 0.573 e. The van der Waals surface area contributed by atoms with E-state index in [1.165, 1.54) is 24.1 Å². The fourth-order valence-corrected chi connectivity index (χ4v) is 3.53. The molecule has 3 amide bonds. The summed E-state index contributed by atoms with van der Waals surface area (Å²) in [6.07, 6.45) is -1.45. The van der Waals surface area contributed by atoms with Crippen molar-refractivity contribution < 1.29 is 32.2 Å². The van der Waals surface area contributed by atoms with E-state index in [1.807, 2.05) is 0 Å². The summed E-state index contributed by atoms with van der Waals surface area (Å²) in [5.74, 6) is -0.752. The van der Waals surface area contributed by atoms with Crippen LogP contribution in [0.3, 0.4) is 0 Å². The highest BCUT2D eigenvalue weighted by Crippen LogP contribution is 2.32. The number of fused-ring (bicyclic) bond motifs is 1. The Bertz CT molecular complexity index is 1170. The Hall–Kier alpha value is -4.06. The molecule has 4 rings (SSSR count). The molecule has 3 aromatic rings. The lowest BCUT2D eigenvalue weighted by Crippen LogP contribution is -2.48. The summed E-state index contributed by atoms with van der Waals surface area (Å²) in [5.41, 5.74) is 2.11. The first-order chi connectivity index (χ1) is 16.2. The Kier molecular flexibility index (Phi) is 6.41. The number of halogens is 3. The van der Waals surface area contributed by atoms with Crippen LogP contribution in [0.15, 0.2) is 60.9 Å². The molecule has 34 heavy (non-hydrogen) atoms. The van der Waals surface area contributed by atoms with Crippen LogP contribution in [0.25, 0.3) is 5.69 Å². The van der Waals surface area contributed by atoms with Crippen LogP contribution >= 0.6 is 0 Å². The molecule has 1 aliphatic heterocycles. The number of urea groups is 1. The van der Waals surface area contributed by atoms with Gasteiger partial charge in [0.25, 0.3) is 0 Å². The zero-order valence-corrected chi connectivity index (χ0v) is 17.9. The molecule has 0 saturated heterocycles. The van der Waals surface area contributed by atoms with Gasteiger partial charge in [0.1, 0.15) is 12.3 Å². The summed E-state index contributed by atoms with van der Waals surface area (Å²) in [6, 6.07) is 10.7. The third-order valence-electron chi connectivity index (χ3n) is 5.01. The zero-order chi connectivity index (χ0) is 24.3. The molecule has 1 aliphatic rings. The monoisotopic (exact) mass is 475 g/mol. The molecular formula is C22H20F3N5O4. The first-order valence-corrected chi connectivity index (χ1v) is 10.1. The Balaban J connectivity index is 1.57. The summed E-state index contributed by atoms with van der Waals surface area (Å²) >= 11 is 0. The molecule has 0 saturated carbocycles. The number of benzene rings is 2. The molecule has 1 unspecified atom stereocenters. The van der Waals surface area contributed by atoms with E-state index >= 15 is 0 Å². The van der Waals surface area contributed by atoms with Crippen molar-refractivity contribution in [1.82, 2.24) is 15.1 Å². The Labute approximate surface area is 192 Å². The van der Waals surface area contributed by atoms with E-state index in [0.29, 0.717) is 22.6 Å². The number of anilines is 2. The van der Waals surface area contributed by atoms with Crippen LogP contribution in [-0.2, 0) is 9.53 Å². The van der Waals surface area contributed by atoms with E-state index in [9.17, 15) is 22.8 Å². The molecule has 0 fully saturated rings. The first-order valence-electron chi connectivity index (χ1n) is 10.1. The van der Waals surface area contributed by atoms with Crippen molar-refractivity contribution in [1.29, 1.82) is 0 Å². The van der Waals surface area contributed by atoms with Crippen LogP contribution in [0, 0.1) is 0 Å². The average molecular weight is 475 g/mol. The maximum absolute atomic E-state index is 13.2. The van der Waals surface area contributed by atoms with Crippen molar-refractivity contribution in [2.24, 2.45) is 0 Å². The molecule has 0 bridgehead atoms. The van der Waals surface area contributed by atoms with E-state index in [4.69, 9.17) is 4.74 Å². The number of nitrogens with one attached hydrogen (secondary N) is 2. The van der Waals surface area contributed by atoms with Gasteiger partial charge in [0.05, 0.1) is 29.7 Å². The number of hydrogen-bond donors (Lipinski definition) is 2. The molecule has 178 valence electrons. The molecule has 0 spiro atoms. The lowest BCUT2D eigenvalue weighted by molar-refractivity contribution is -0.274. The van der Waals surface area contributed by atoms with Crippen molar-refractivity contribution in [3.05, 3.63) is 66.5 Å². The van der Waals surface area contributed by atoms with Gasteiger partial charge in [-0.15, -0.1) is 13.2 Å². The smallest absolute Gasteiger partial charge is 0.406 e. The molecule has 12 heteroatoms. The fourth-order valence-electron chi connectivity index (χ4n) is 3.53. The van der Waals surface area contributed by atoms with E-state index in [-0.39, 0.29) is 24.8 Å². The lowest BCUT2D eigenvalue weighted by atomic mass is 10.1. The Morgan fingerprint density at radius 3 is 2.65 bits per heavy atom. The highest BCUT2D eigenvalue weighted by Gasteiger charge is 2.32. The summed E-state index contributed by atoms with van der Waals surface area (Å²) < 4.78 is 48.0. The first kappa shape index (κ1) is 23.1. The van der Waals surface area contributed by atoms with Crippen LogP contribution in [0.4, 0.5) is 29.3 Å². The van der Waals surface area contributed by atoms with Crippen molar-refractivity contribution in [3.63, 3.8) is 0 Å². The highest BCUT2D eigenvalue weighted by molar-refractivity contribution is 6.09. The second kappa shape index (κ2) is 9.43. The zero-order valence-electron chi connectivity index (χ0n) is 17.9.